The molecule has 0 aliphatic rings. The molecule has 0 N–H and O–H groups in total. The van der Waals surface area contributed by atoms with Crippen LogP contribution in [0.1, 0.15) is 29.1 Å². The second-order valence-corrected chi connectivity index (χ2v) is 6.58. The number of carbonyl (C=O) groups is 1. The molecule has 3 heteroatoms. The summed E-state index contributed by atoms with van der Waals surface area (Å²) in [5.74, 6) is 0.281. The number of benzene rings is 1. The third-order valence-electron chi connectivity index (χ3n) is 2.82. The summed E-state index contributed by atoms with van der Waals surface area (Å²) in [6.45, 7) is 5.94. The van der Waals surface area contributed by atoms with Gasteiger partial charge in [0, 0.05) is 15.3 Å². The molecular formula is C15H15BrOS. The molecule has 94 valence electrons. The van der Waals surface area contributed by atoms with Crippen molar-refractivity contribution < 1.29 is 4.79 Å². The lowest BCUT2D eigenvalue weighted by Gasteiger charge is -2.02. The molecule has 0 fully saturated rings. The van der Waals surface area contributed by atoms with Crippen LogP contribution in [0.15, 0.2) is 34.8 Å². The zero-order valence-electron chi connectivity index (χ0n) is 10.7. The van der Waals surface area contributed by atoms with Gasteiger partial charge in [0.25, 0.3) is 0 Å². The molecule has 0 amide bonds. The highest BCUT2D eigenvalue weighted by Gasteiger charge is 2.13. The van der Waals surface area contributed by atoms with Crippen molar-refractivity contribution in [3.8, 4) is 10.4 Å². The Kier molecular flexibility index (Phi) is 4.03. The average Bonchev–Trinajstić information content (AvgIpc) is 2.81. The fourth-order valence-corrected chi connectivity index (χ4v) is 3.04. The SMILES string of the molecule is Cc1cc(-c2ccc(C(=O)C(C)C)s2)ccc1Br. The van der Waals surface area contributed by atoms with Crippen LogP contribution in [-0.4, -0.2) is 5.78 Å². The highest BCUT2D eigenvalue weighted by Crippen LogP contribution is 2.31. The molecule has 0 aliphatic carbocycles. The van der Waals surface area contributed by atoms with Gasteiger partial charge in [-0.3, -0.25) is 4.79 Å². The Hall–Kier alpha value is -0.930. The van der Waals surface area contributed by atoms with Crippen molar-refractivity contribution in [3.05, 3.63) is 45.2 Å². The second-order valence-electron chi connectivity index (χ2n) is 4.65. The second kappa shape index (κ2) is 5.37. The zero-order chi connectivity index (χ0) is 13.3. The lowest BCUT2D eigenvalue weighted by atomic mass is 10.1. The number of carbonyl (C=O) groups excluding carboxylic acids is 1. The van der Waals surface area contributed by atoms with E-state index in [2.05, 4.69) is 35.0 Å². The van der Waals surface area contributed by atoms with Gasteiger partial charge in [-0.25, -0.2) is 0 Å². The maximum absolute atomic E-state index is 11.9. The van der Waals surface area contributed by atoms with E-state index in [1.807, 2.05) is 32.0 Å². The number of ketones is 1. The summed E-state index contributed by atoms with van der Waals surface area (Å²) in [5.41, 5.74) is 2.38. The van der Waals surface area contributed by atoms with Crippen LogP contribution < -0.4 is 0 Å². The molecule has 18 heavy (non-hydrogen) atoms. The fourth-order valence-electron chi connectivity index (χ4n) is 1.71. The van der Waals surface area contributed by atoms with E-state index in [-0.39, 0.29) is 11.7 Å². The predicted octanol–water partition coefficient (Wildman–Crippen LogP) is 5.32. The quantitative estimate of drug-likeness (QED) is 0.698. The summed E-state index contributed by atoms with van der Waals surface area (Å²) >= 11 is 5.07. The van der Waals surface area contributed by atoms with Gasteiger partial charge in [0.15, 0.2) is 5.78 Å². The highest BCUT2D eigenvalue weighted by atomic mass is 79.9. The van der Waals surface area contributed by atoms with Crippen LogP contribution in [-0.2, 0) is 0 Å². The summed E-state index contributed by atoms with van der Waals surface area (Å²) < 4.78 is 1.11. The van der Waals surface area contributed by atoms with Crippen LogP contribution in [0.25, 0.3) is 10.4 Å². The van der Waals surface area contributed by atoms with Crippen LogP contribution in [0.2, 0.25) is 0 Å². The molecule has 1 aromatic carbocycles. The summed E-state index contributed by atoms with van der Waals surface area (Å²) in [4.78, 5) is 13.9. The first-order chi connectivity index (χ1) is 8.49. The van der Waals surface area contributed by atoms with Crippen molar-refractivity contribution in [1.82, 2.24) is 0 Å². The van der Waals surface area contributed by atoms with E-state index >= 15 is 0 Å². The van der Waals surface area contributed by atoms with Gasteiger partial charge in [0.1, 0.15) is 0 Å². The van der Waals surface area contributed by atoms with Gasteiger partial charge < -0.3 is 0 Å². The largest absolute Gasteiger partial charge is 0.293 e. The van der Waals surface area contributed by atoms with Gasteiger partial charge in [-0.1, -0.05) is 35.8 Å². The molecule has 0 aliphatic heterocycles. The number of hydrogen-bond acceptors (Lipinski definition) is 2. The molecule has 1 aromatic heterocycles. The first-order valence-corrected chi connectivity index (χ1v) is 7.50. The van der Waals surface area contributed by atoms with Gasteiger partial charge in [-0.2, -0.15) is 0 Å². The molecule has 1 nitrogen and oxygen atoms in total. The van der Waals surface area contributed by atoms with Crippen molar-refractivity contribution in [3.63, 3.8) is 0 Å². The number of hydrogen-bond donors (Lipinski definition) is 0. The number of aryl methyl sites for hydroxylation is 1. The van der Waals surface area contributed by atoms with E-state index in [0.717, 1.165) is 14.2 Å². The first kappa shape index (κ1) is 13.5. The summed E-state index contributed by atoms with van der Waals surface area (Å²) in [7, 11) is 0. The Morgan fingerprint density at radius 1 is 1.22 bits per heavy atom. The van der Waals surface area contributed by atoms with Gasteiger partial charge in [-0.15, -0.1) is 11.3 Å². The Morgan fingerprint density at radius 3 is 2.56 bits per heavy atom. The van der Waals surface area contributed by atoms with Gasteiger partial charge in [0.05, 0.1) is 4.88 Å². The molecule has 0 atom stereocenters. The number of rotatable bonds is 3. The minimum absolute atomic E-state index is 0.0585. The van der Waals surface area contributed by atoms with E-state index < -0.39 is 0 Å². The maximum atomic E-state index is 11.9. The topological polar surface area (TPSA) is 17.1 Å². The molecule has 0 unspecified atom stereocenters. The van der Waals surface area contributed by atoms with Crippen LogP contribution in [0.3, 0.4) is 0 Å². The maximum Gasteiger partial charge on any atom is 0.175 e. The summed E-state index contributed by atoms with van der Waals surface area (Å²) in [5, 5.41) is 0. The lowest BCUT2D eigenvalue weighted by molar-refractivity contribution is 0.0943. The van der Waals surface area contributed by atoms with Crippen molar-refractivity contribution in [2.24, 2.45) is 5.92 Å². The van der Waals surface area contributed by atoms with E-state index in [9.17, 15) is 4.79 Å². The van der Waals surface area contributed by atoms with Gasteiger partial charge in [0.2, 0.25) is 0 Å². The first-order valence-electron chi connectivity index (χ1n) is 5.89. The van der Waals surface area contributed by atoms with Crippen LogP contribution in [0.4, 0.5) is 0 Å². The molecule has 1 heterocycles. The van der Waals surface area contributed by atoms with E-state index in [1.165, 1.54) is 11.1 Å². The van der Waals surface area contributed by atoms with Gasteiger partial charge >= 0.3 is 0 Å². The van der Waals surface area contributed by atoms with Crippen molar-refractivity contribution in [2.45, 2.75) is 20.8 Å². The molecule has 0 saturated heterocycles. The number of thiophene rings is 1. The molecule has 0 radical (unpaired) electrons. The van der Waals surface area contributed by atoms with Crippen molar-refractivity contribution in [2.75, 3.05) is 0 Å². The number of halogens is 1. The zero-order valence-corrected chi connectivity index (χ0v) is 13.1. The monoisotopic (exact) mass is 322 g/mol. The summed E-state index contributed by atoms with van der Waals surface area (Å²) in [6.07, 6.45) is 0. The molecule has 0 saturated carbocycles. The molecule has 0 bridgehead atoms. The van der Waals surface area contributed by atoms with Crippen molar-refractivity contribution in [1.29, 1.82) is 0 Å². The predicted molar refractivity (Wildman–Crippen MR) is 81.4 cm³/mol. The molecule has 2 rings (SSSR count). The van der Waals surface area contributed by atoms with Crippen LogP contribution in [0.5, 0.6) is 0 Å². The lowest BCUT2D eigenvalue weighted by Crippen LogP contribution is -2.04. The minimum Gasteiger partial charge on any atom is -0.293 e. The molecular weight excluding hydrogens is 308 g/mol. The highest BCUT2D eigenvalue weighted by molar-refractivity contribution is 9.10. The average molecular weight is 323 g/mol. The van der Waals surface area contributed by atoms with E-state index in [4.69, 9.17) is 0 Å². The van der Waals surface area contributed by atoms with Crippen LogP contribution in [0, 0.1) is 12.8 Å². The smallest absolute Gasteiger partial charge is 0.175 e. The Bertz CT molecular complexity index is 584. The third-order valence-corrected chi connectivity index (χ3v) is 4.85. The van der Waals surface area contributed by atoms with Gasteiger partial charge in [-0.05, 0) is 42.3 Å². The van der Waals surface area contributed by atoms with Crippen molar-refractivity contribution >= 4 is 33.0 Å². The summed E-state index contributed by atoms with van der Waals surface area (Å²) in [6, 6.07) is 10.2. The molecule has 0 spiro atoms. The Morgan fingerprint density at radius 2 is 1.94 bits per heavy atom. The van der Waals surface area contributed by atoms with Crippen LogP contribution >= 0.6 is 27.3 Å². The molecule has 2 aromatic rings. The Balaban J connectivity index is 2.35. The third kappa shape index (κ3) is 2.73. The Labute approximate surface area is 120 Å². The fraction of sp³-hybridized carbons (Fsp3) is 0.267. The minimum atomic E-state index is 0.0585. The number of Topliss-reactive ketones (excluding diaryl/α,β-unsaturated/α-hetero) is 1. The van der Waals surface area contributed by atoms with E-state index in [1.54, 1.807) is 11.3 Å². The standard InChI is InChI=1S/C15H15BrOS/c1-9(2)15(17)14-7-6-13(18-14)11-4-5-12(16)10(3)8-11/h4-9H,1-3H3. The normalized spacial score (nSPS) is 10.9. The van der Waals surface area contributed by atoms with E-state index in [0.29, 0.717) is 0 Å².